The second-order valence-electron chi connectivity index (χ2n) is 3.68. The number of carboxylic acid groups (broad SMARTS) is 1. The molecule has 0 fully saturated rings. The van der Waals surface area contributed by atoms with Gasteiger partial charge in [0.15, 0.2) is 5.97 Å². The molecular formula is C5H11N7O4. The number of hydrogen-bond acceptors (Lipinski definition) is 9. The number of aliphatic carboxylic acids is 1. The normalized spacial score (nSPS) is 16.5. The highest BCUT2D eigenvalue weighted by atomic mass is 16.6. The highest BCUT2D eigenvalue weighted by molar-refractivity contribution is 5.74. The molecule has 0 amide bonds. The van der Waals surface area contributed by atoms with Crippen molar-refractivity contribution in [3.05, 3.63) is 10.1 Å². The Kier molecular flexibility index (Phi) is 4.09. The molecule has 90 valence electrons. The first-order valence-corrected chi connectivity index (χ1v) is 3.89. The van der Waals surface area contributed by atoms with Gasteiger partial charge in [0.2, 0.25) is 0 Å². The van der Waals surface area contributed by atoms with Crippen LogP contribution in [0.3, 0.4) is 0 Å². The first kappa shape index (κ1) is 14.0. The molecule has 0 radical (unpaired) electrons. The summed E-state index contributed by atoms with van der Waals surface area (Å²) in [6.07, 6.45) is 0. The monoisotopic (exact) mass is 233 g/mol. The third-order valence-electron chi connectivity index (χ3n) is 0.937. The van der Waals surface area contributed by atoms with Crippen LogP contribution in [0.4, 0.5) is 0 Å². The first-order chi connectivity index (χ1) is 7.09. The van der Waals surface area contributed by atoms with Gasteiger partial charge in [-0.15, -0.1) is 0 Å². The fourth-order valence-electron chi connectivity index (χ4n) is 0.414. The number of carbonyl (C=O) groups excluding carboxylic acids is 1. The summed E-state index contributed by atoms with van der Waals surface area (Å²) in [5.41, 5.74) is 0. The standard InChI is InChI=1S/C3H11N2.C2HN5O4/c1-5(2,3)4;8-1(9)2(7(10)11)3-5-6-4-2/h4H2,1-3H3;(H,8,9)/q+1;/p-1. The summed E-state index contributed by atoms with van der Waals surface area (Å²) in [4.78, 5) is 18.9. The minimum atomic E-state index is -2.86. The Morgan fingerprint density at radius 1 is 1.31 bits per heavy atom. The van der Waals surface area contributed by atoms with E-state index in [9.17, 15) is 20.0 Å². The zero-order valence-electron chi connectivity index (χ0n) is 8.89. The summed E-state index contributed by atoms with van der Waals surface area (Å²) in [6.45, 7) is 0. The molecule has 1 aliphatic heterocycles. The highest BCUT2D eigenvalue weighted by Crippen LogP contribution is 2.19. The summed E-state index contributed by atoms with van der Waals surface area (Å²) < 4.78 is 0.500. The van der Waals surface area contributed by atoms with Gasteiger partial charge in [0, 0.05) is 0 Å². The molecule has 1 rings (SSSR count). The maximum atomic E-state index is 10.1. The van der Waals surface area contributed by atoms with Gasteiger partial charge in [0.25, 0.3) is 0 Å². The van der Waals surface area contributed by atoms with E-state index in [0.29, 0.717) is 4.59 Å². The fraction of sp³-hybridized carbons (Fsp3) is 0.800. The van der Waals surface area contributed by atoms with Crippen LogP contribution in [-0.4, -0.2) is 42.4 Å². The smallest absolute Gasteiger partial charge is 0.489 e. The van der Waals surface area contributed by atoms with Gasteiger partial charge in [-0.05, 0) is 10.4 Å². The maximum Gasteiger partial charge on any atom is 0.489 e. The fourth-order valence-corrected chi connectivity index (χ4v) is 0.414. The van der Waals surface area contributed by atoms with Crippen molar-refractivity contribution < 1.29 is 19.4 Å². The van der Waals surface area contributed by atoms with Crippen LogP contribution in [0.15, 0.2) is 20.7 Å². The summed E-state index contributed by atoms with van der Waals surface area (Å²) in [6, 6.07) is 0. The Balaban J connectivity index is 0.000000385. The Bertz CT molecular complexity index is 309. The lowest BCUT2D eigenvalue weighted by Gasteiger charge is -2.12. The van der Waals surface area contributed by atoms with Crippen LogP contribution in [0.1, 0.15) is 0 Å². The number of hydrogen-bond donors (Lipinski definition) is 1. The topological polar surface area (TPSA) is 159 Å². The van der Waals surface area contributed by atoms with Gasteiger partial charge in [0.05, 0.1) is 26.1 Å². The largest absolute Gasteiger partial charge is 0.540 e. The average molecular weight is 233 g/mol. The number of nitrogens with zero attached hydrogens (tertiary/aromatic N) is 6. The Morgan fingerprint density at radius 3 is 1.75 bits per heavy atom. The van der Waals surface area contributed by atoms with Gasteiger partial charge in [-0.1, -0.05) is 10.2 Å². The van der Waals surface area contributed by atoms with Gasteiger partial charge in [0.1, 0.15) is 0 Å². The molecule has 11 heteroatoms. The van der Waals surface area contributed by atoms with E-state index < -0.39 is 16.7 Å². The van der Waals surface area contributed by atoms with Crippen molar-refractivity contribution in [2.45, 2.75) is 5.79 Å². The van der Waals surface area contributed by atoms with Crippen LogP contribution < -0.4 is 10.9 Å². The third-order valence-corrected chi connectivity index (χ3v) is 0.937. The Labute approximate surface area is 90.0 Å². The summed E-state index contributed by atoms with van der Waals surface area (Å²) in [7, 11) is 5.71. The van der Waals surface area contributed by atoms with Crippen molar-refractivity contribution >= 4 is 5.97 Å². The van der Waals surface area contributed by atoms with E-state index in [0.717, 1.165) is 0 Å². The van der Waals surface area contributed by atoms with Crippen LogP contribution >= 0.6 is 0 Å². The van der Waals surface area contributed by atoms with Crippen LogP contribution in [0.25, 0.3) is 0 Å². The number of rotatable bonds is 2. The van der Waals surface area contributed by atoms with Crippen molar-refractivity contribution in [1.82, 2.24) is 0 Å². The van der Waals surface area contributed by atoms with E-state index in [4.69, 9.17) is 5.84 Å². The molecule has 11 nitrogen and oxygen atoms in total. The van der Waals surface area contributed by atoms with Gasteiger partial charge >= 0.3 is 5.79 Å². The number of carboxylic acids is 1. The Morgan fingerprint density at radius 2 is 1.62 bits per heavy atom. The molecule has 0 saturated carbocycles. The molecule has 1 aliphatic rings. The van der Waals surface area contributed by atoms with E-state index in [-0.39, 0.29) is 0 Å². The molecule has 1 heterocycles. The van der Waals surface area contributed by atoms with E-state index in [1.807, 2.05) is 21.1 Å². The summed E-state index contributed by atoms with van der Waals surface area (Å²) in [5.74, 6) is 0.368. The van der Waals surface area contributed by atoms with Crippen molar-refractivity contribution in [2.24, 2.45) is 26.5 Å². The number of nitrogens with two attached hydrogens (primary N) is 1. The van der Waals surface area contributed by atoms with Crippen LogP contribution in [0.5, 0.6) is 0 Å². The van der Waals surface area contributed by atoms with E-state index >= 15 is 0 Å². The molecule has 0 bridgehead atoms. The molecule has 0 aromatic heterocycles. The average Bonchev–Trinajstić information content (AvgIpc) is 2.48. The minimum absolute atomic E-state index is 0.500. The van der Waals surface area contributed by atoms with Gasteiger partial charge in [-0.2, -0.15) is 5.84 Å². The molecule has 0 aliphatic carbocycles. The molecule has 0 saturated heterocycles. The highest BCUT2D eigenvalue weighted by Gasteiger charge is 2.49. The predicted octanol–water partition coefficient (Wildman–Crippen LogP) is -1.93. The number of quaternary nitrogens is 1. The van der Waals surface area contributed by atoms with E-state index in [1.54, 1.807) is 0 Å². The molecule has 16 heavy (non-hydrogen) atoms. The Hall–Kier alpha value is -2.01. The first-order valence-electron chi connectivity index (χ1n) is 3.89. The van der Waals surface area contributed by atoms with Gasteiger partial charge in [-0.25, -0.2) is 0 Å². The van der Waals surface area contributed by atoms with Crippen molar-refractivity contribution in [3.63, 3.8) is 0 Å². The van der Waals surface area contributed by atoms with E-state index in [1.165, 1.54) is 0 Å². The molecular weight excluding hydrogens is 222 g/mol. The third kappa shape index (κ3) is 4.02. The lowest BCUT2D eigenvalue weighted by atomic mass is 10.4. The van der Waals surface area contributed by atoms with Crippen molar-refractivity contribution in [2.75, 3.05) is 21.1 Å². The number of carbonyl (C=O) groups is 1. The SMILES string of the molecule is C[N+](C)(C)N.O=C([O-])C1([N+](=O)[O-])N=NN=N1. The lowest BCUT2D eigenvalue weighted by Crippen LogP contribution is -2.50. The molecule has 2 N–H and O–H groups in total. The summed E-state index contributed by atoms with van der Waals surface area (Å²) >= 11 is 0. The lowest BCUT2D eigenvalue weighted by molar-refractivity contribution is -0.882. The van der Waals surface area contributed by atoms with Crippen molar-refractivity contribution in [3.8, 4) is 0 Å². The molecule has 0 spiro atoms. The summed E-state index contributed by atoms with van der Waals surface area (Å²) in [5, 5.41) is 30.9. The minimum Gasteiger partial charge on any atom is -0.540 e. The van der Waals surface area contributed by atoms with Crippen LogP contribution in [0, 0.1) is 10.1 Å². The molecule has 0 aromatic carbocycles. The zero-order valence-corrected chi connectivity index (χ0v) is 8.89. The zero-order chi connectivity index (χ0) is 13.0. The van der Waals surface area contributed by atoms with Gasteiger partial charge in [-0.3, -0.25) is 14.7 Å². The van der Waals surface area contributed by atoms with Crippen LogP contribution in [-0.2, 0) is 4.79 Å². The molecule has 0 aromatic rings. The molecule has 0 atom stereocenters. The maximum absolute atomic E-state index is 10.1. The predicted molar refractivity (Wildman–Crippen MR) is 46.7 cm³/mol. The van der Waals surface area contributed by atoms with Crippen LogP contribution in [0.2, 0.25) is 0 Å². The second kappa shape index (κ2) is 4.67. The van der Waals surface area contributed by atoms with E-state index in [2.05, 4.69) is 20.7 Å². The number of nitro groups is 1. The van der Waals surface area contributed by atoms with Crippen molar-refractivity contribution in [1.29, 1.82) is 0 Å². The second-order valence-corrected chi connectivity index (χ2v) is 3.68. The quantitative estimate of drug-likeness (QED) is 0.254. The molecule has 0 unspecified atom stereocenters. The van der Waals surface area contributed by atoms with Gasteiger partial charge < -0.3 is 9.90 Å².